The number of hydrogen-bond donors (Lipinski definition) is 1. The molecule has 0 spiro atoms. The summed E-state index contributed by atoms with van der Waals surface area (Å²) in [6.45, 7) is 2.15. The average Bonchev–Trinajstić information content (AvgIpc) is 2.52. The zero-order valence-electron chi connectivity index (χ0n) is 7.22. The second kappa shape index (κ2) is 2.79. The van der Waals surface area contributed by atoms with Gasteiger partial charge in [0.1, 0.15) is 0 Å². The van der Waals surface area contributed by atoms with Crippen molar-refractivity contribution in [3.8, 4) is 0 Å². The van der Waals surface area contributed by atoms with E-state index in [4.69, 9.17) is 0 Å². The number of thiophene rings is 1. The molecule has 0 saturated heterocycles. The molecule has 0 radical (unpaired) electrons. The molecule has 0 fully saturated rings. The maximum atomic E-state index is 3.15. The maximum absolute atomic E-state index is 3.15. The molecule has 1 heterocycles. The standard InChI is InChI=1S/C10H11NS/c1-7-5-9(11-2)6-8-3-4-12-10(7)8/h3-6,11H,1-2H3. The number of nitrogens with one attached hydrogen (secondary N) is 1. The molecule has 12 heavy (non-hydrogen) atoms. The van der Waals surface area contributed by atoms with Crippen molar-refractivity contribution in [3.05, 3.63) is 29.1 Å². The van der Waals surface area contributed by atoms with Gasteiger partial charge < -0.3 is 5.32 Å². The highest BCUT2D eigenvalue weighted by Gasteiger charge is 1.99. The van der Waals surface area contributed by atoms with Gasteiger partial charge >= 0.3 is 0 Å². The Balaban J connectivity index is 2.75. The number of fused-ring (bicyclic) bond motifs is 1. The third kappa shape index (κ3) is 1.08. The Morgan fingerprint density at radius 2 is 2.17 bits per heavy atom. The van der Waals surface area contributed by atoms with Crippen LogP contribution < -0.4 is 5.32 Å². The van der Waals surface area contributed by atoms with Crippen LogP contribution in [0.15, 0.2) is 23.6 Å². The number of rotatable bonds is 1. The van der Waals surface area contributed by atoms with E-state index in [0.717, 1.165) is 0 Å². The summed E-state index contributed by atoms with van der Waals surface area (Å²) in [5, 5.41) is 6.63. The van der Waals surface area contributed by atoms with Crippen LogP contribution in [-0.4, -0.2) is 7.05 Å². The summed E-state index contributed by atoms with van der Waals surface area (Å²) in [5.74, 6) is 0. The van der Waals surface area contributed by atoms with Gasteiger partial charge in [-0.25, -0.2) is 0 Å². The Labute approximate surface area is 76.0 Å². The highest BCUT2D eigenvalue weighted by Crippen LogP contribution is 2.27. The number of anilines is 1. The van der Waals surface area contributed by atoms with E-state index >= 15 is 0 Å². The quantitative estimate of drug-likeness (QED) is 0.705. The van der Waals surface area contributed by atoms with Gasteiger partial charge in [0.25, 0.3) is 0 Å². The van der Waals surface area contributed by atoms with Crippen LogP contribution in [0.5, 0.6) is 0 Å². The van der Waals surface area contributed by atoms with E-state index in [1.54, 1.807) is 11.3 Å². The predicted molar refractivity (Wildman–Crippen MR) is 56.1 cm³/mol. The highest BCUT2D eigenvalue weighted by atomic mass is 32.1. The molecule has 1 aromatic heterocycles. The number of hydrogen-bond acceptors (Lipinski definition) is 2. The molecule has 0 aliphatic carbocycles. The third-order valence-electron chi connectivity index (χ3n) is 2.03. The average molecular weight is 177 g/mol. The summed E-state index contributed by atoms with van der Waals surface area (Å²) in [6, 6.07) is 6.52. The van der Waals surface area contributed by atoms with Crippen LogP contribution in [0.25, 0.3) is 10.1 Å². The van der Waals surface area contributed by atoms with Crippen LogP contribution in [-0.2, 0) is 0 Å². The van der Waals surface area contributed by atoms with Crippen LogP contribution in [0.3, 0.4) is 0 Å². The van der Waals surface area contributed by atoms with Gasteiger partial charge in [-0.15, -0.1) is 11.3 Å². The summed E-state index contributed by atoms with van der Waals surface area (Å²) >= 11 is 1.81. The Morgan fingerprint density at radius 3 is 2.92 bits per heavy atom. The molecule has 0 amide bonds. The molecule has 0 aliphatic rings. The monoisotopic (exact) mass is 177 g/mol. The molecular formula is C10H11NS. The van der Waals surface area contributed by atoms with Crippen molar-refractivity contribution < 1.29 is 0 Å². The first-order valence-corrected chi connectivity index (χ1v) is 4.85. The van der Waals surface area contributed by atoms with E-state index in [1.807, 2.05) is 7.05 Å². The lowest BCUT2D eigenvalue weighted by atomic mass is 10.1. The third-order valence-corrected chi connectivity index (χ3v) is 3.09. The molecule has 1 nitrogen and oxygen atoms in total. The molecule has 2 rings (SSSR count). The fourth-order valence-electron chi connectivity index (χ4n) is 1.41. The van der Waals surface area contributed by atoms with Gasteiger partial charge in [-0.3, -0.25) is 0 Å². The SMILES string of the molecule is CNc1cc(C)c2sccc2c1. The summed E-state index contributed by atoms with van der Waals surface area (Å²) < 4.78 is 1.40. The van der Waals surface area contributed by atoms with Crippen LogP contribution in [0.1, 0.15) is 5.56 Å². The van der Waals surface area contributed by atoms with E-state index in [9.17, 15) is 0 Å². The lowest BCUT2D eigenvalue weighted by molar-refractivity contribution is 1.48. The molecule has 0 aliphatic heterocycles. The minimum Gasteiger partial charge on any atom is -0.388 e. The molecular weight excluding hydrogens is 166 g/mol. The van der Waals surface area contributed by atoms with Crippen LogP contribution in [0.4, 0.5) is 5.69 Å². The van der Waals surface area contributed by atoms with E-state index in [0.29, 0.717) is 0 Å². The van der Waals surface area contributed by atoms with Gasteiger partial charge in [0, 0.05) is 17.4 Å². The molecule has 0 saturated carbocycles. The normalized spacial score (nSPS) is 10.5. The molecule has 0 unspecified atom stereocenters. The van der Waals surface area contributed by atoms with Gasteiger partial charge in [0.2, 0.25) is 0 Å². The van der Waals surface area contributed by atoms with Crippen molar-refractivity contribution >= 4 is 27.1 Å². The predicted octanol–water partition coefficient (Wildman–Crippen LogP) is 3.25. The summed E-state index contributed by atoms with van der Waals surface area (Å²) in [6.07, 6.45) is 0. The van der Waals surface area contributed by atoms with Crippen molar-refractivity contribution in [1.29, 1.82) is 0 Å². The van der Waals surface area contributed by atoms with Gasteiger partial charge in [0.05, 0.1) is 0 Å². The van der Waals surface area contributed by atoms with Crippen molar-refractivity contribution in [2.45, 2.75) is 6.92 Å². The Morgan fingerprint density at radius 1 is 1.33 bits per heavy atom. The molecule has 2 aromatic rings. The van der Waals surface area contributed by atoms with E-state index in [1.165, 1.54) is 21.3 Å². The number of benzene rings is 1. The second-order valence-electron chi connectivity index (χ2n) is 2.88. The summed E-state index contributed by atoms with van der Waals surface area (Å²) in [7, 11) is 1.95. The fourth-order valence-corrected chi connectivity index (χ4v) is 2.26. The lowest BCUT2D eigenvalue weighted by Gasteiger charge is -2.02. The summed E-state index contributed by atoms with van der Waals surface area (Å²) in [5.41, 5.74) is 2.55. The Hall–Kier alpha value is -1.02. The molecule has 62 valence electrons. The first-order valence-electron chi connectivity index (χ1n) is 3.97. The van der Waals surface area contributed by atoms with Gasteiger partial charge in [0.15, 0.2) is 0 Å². The van der Waals surface area contributed by atoms with E-state index < -0.39 is 0 Å². The largest absolute Gasteiger partial charge is 0.388 e. The first-order chi connectivity index (χ1) is 5.81. The molecule has 2 heteroatoms. The molecule has 1 aromatic carbocycles. The topological polar surface area (TPSA) is 12.0 Å². The van der Waals surface area contributed by atoms with Crippen molar-refractivity contribution in [1.82, 2.24) is 0 Å². The Kier molecular flexibility index (Phi) is 1.77. The van der Waals surface area contributed by atoms with Crippen LogP contribution in [0.2, 0.25) is 0 Å². The van der Waals surface area contributed by atoms with E-state index in [-0.39, 0.29) is 0 Å². The van der Waals surface area contributed by atoms with Crippen molar-refractivity contribution in [3.63, 3.8) is 0 Å². The van der Waals surface area contributed by atoms with Crippen molar-refractivity contribution in [2.24, 2.45) is 0 Å². The van der Waals surface area contributed by atoms with Crippen LogP contribution >= 0.6 is 11.3 Å². The lowest BCUT2D eigenvalue weighted by Crippen LogP contribution is -1.87. The fraction of sp³-hybridized carbons (Fsp3) is 0.200. The smallest absolute Gasteiger partial charge is 0.0373 e. The highest BCUT2D eigenvalue weighted by molar-refractivity contribution is 7.17. The minimum atomic E-state index is 1.19. The molecule has 0 atom stereocenters. The number of aryl methyl sites for hydroxylation is 1. The zero-order chi connectivity index (χ0) is 8.55. The van der Waals surface area contributed by atoms with Crippen LogP contribution in [0, 0.1) is 6.92 Å². The molecule has 0 bridgehead atoms. The molecule has 1 N–H and O–H groups in total. The summed E-state index contributed by atoms with van der Waals surface area (Å²) in [4.78, 5) is 0. The maximum Gasteiger partial charge on any atom is 0.0373 e. The minimum absolute atomic E-state index is 1.19. The van der Waals surface area contributed by atoms with Gasteiger partial charge in [-0.2, -0.15) is 0 Å². The van der Waals surface area contributed by atoms with Crippen molar-refractivity contribution in [2.75, 3.05) is 12.4 Å². The Bertz CT molecular complexity index is 403. The first kappa shape index (κ1) is 7.62. The zero-order valence-corrected chi connectivity index (χ0v) is 8.03. The van der Waals surface area contributed by atoms with Gasteiger partial charge in [-0.1, -0.05) is 0 Å². The van der Waals surface area contributed by atoms with Gasteiger partial charge in [-0.05, 0) is 41.5 Å². The van der Waals surface area contributed by atoms with E-state index in [2.05, 4.69) is 35.8 Å². The second-order valence-corrected chi connectivity index (χ2v) is 3.80.